The molecule has 0 aliphatic carbocycles. The van der Waals surface area contributed by atoms with E-state index in [9.17, 15) is 0 Å². The van der Waals surface area contributed by atoms with Crippen molar-refractivity contribution in [2.75, 3.05) is 31.1 Å². The first kappa shape index (κ1) is 21.8. The first-order chi connectivity index (χ1) is 14.8. The fraction of sp³-hybridized carbons (Fsp3) is 0.440. The van der Waals surface area contributed by atoms with Crippen molar-refractivity contribution in [1.29, 1.82) is 0 Å². The zero-order chi connectivity index (χ0) is 20.8. The third-order valence-corrected chi connectivity index (χ3v) is 7.64. The SMILES string of the molecule is OCCCCCN1CCC(C2SC=CN2c2ccccc2-c2ccc(Cl)cc2)CC1. The van der Waals surface area contributed by atoms with Gasteiger partial charge in [0.2, 0.25) is 0 Å². The zero-order valence-electron chi connectivity index (χ0n) is 17.4. The highest BCUT2D eigenvalue weighted by Gasteiger charge is 2.33. The molecule has 2 aliphatic rings. The number of unbranched alkanes of at least 4 members (excludes halogenated alkanes) is 2. The maximum atomic E-state index is 8.95. The summed E-state index contributed by atoms with van der Waals surface area (Å²) in [5, 5.41) is 12.4. The van der Waals surface area contributed by atoms with Gasteiger partial charge in [0.25, 0.3) is 0 Å². The molecule has 2 aromatic carbocycles. The summed E-state index contributed by atoms with van der Waals surface area (Å²) in [7, 11) is 0. The highest BCUT2D eigenvalue weighted by atomic mass is 35.5. The highest BCUT2D eigenvalue weighted by molar-refractivity contribution is 8.03. The van der Waals surface area contributed by atoms with Crippen molar-refractivity contribution in [2.24, 2.45) is 5.92 Å². The van der Waals surface area contributed by atoms with Crippen molar-refractivity contribution in [1.82, 2.24) is 4.90 Å². The minimum atomic E-state index is 0.321. The molecule has 1 fully saturated rings. The van der Waals surface area contributed by atoms with E-state index in [0.717, 1.165) is 17.9 Å². The molecule has 0 bridgehead atoms. The fourth-order valence-corrected chi connectivity index (χ4v) is 5.84. The second kappa shape index (κ2) is 10.7. The Balaban J connectivity index is 1.43. The van der Waals surface area contributed by atoms with E-state index >= 15 is 0 Å². The molecule has 1 saturated heterocycles. The molecule has 0 amide bonds. The van der Waals surface area contributed by atoms with Crippen molar-refractivity contribution in [2.45, 2.75) is 37.5 Å². The molecule has 30 heavy (non-hydrogen) atoms. The van der Waals surface area contributed by atoms with Gasteiger partial charge in [-0.05, 0) is 86.8 Å². The Labute approximate surface area is 189 Å². The number of likely N-dealkylation sites (tertiary alicyclic amines) is 1. The van der Waals surface area contributed by atoms with Crippen molar-refractivity contribution < 1.29 is 5.11 Å². The second-order valence-electron chi connectivity index (χ2n) is 8.21. The van der Waals surface area contributed by atoms with Gasteiger partial charge in [-0.3, -0.25) is 0 Å². The van der Waals surface area contributed by atoms with Gasteiger partial charge in [-0.15, -0.1) is 11.8 Å². The molecule has 1 atom stereocenters. The van der Waals surface area contributed by atoms with E-state index in [2.05, 4.69) is 57.8 Å². The van der Waals surface area contributed by atoms with E-state index in [-0.39, 0.29) is 0 Å². The number of hydrogen-bond donors (Lipinski definition) is 1. The summed E-state index contributed by atoms with van der Waals surface area (Å²) in [6.45, 7) is 3.87. The van der Waals surface area contributed by atoms with Gasteiger partial charge in [0.05, 0.1) is 5.37 Å². The Bertz CT molecular complexity index is 833. The number of nitrogens with zero attached hydrogens (tertiary/aromatic N) is 2. The zero-order valence-corrected chi connectivity index (χ0v) is 19.0. The Kier molecular flexibility index (Phi) is 7.78. The minimum absolute atomic E-state index is 0.321. The van der Waals surface area contributed by atoms with Gasteiger partial charge in [0, 0.05) is 29.1 Å². The van der Waals surface area contributed by atoms with Crippen LogP contribution in [0.4, 0.5) is 5.69 Å². The van der Waals surface area contributed by atoms with Crippen LogP contribution in [0.3, 0.4) is 0 Å². The summed E-state index contributed by atoms with van der Waals surface area (Å²) in [5.41, 5.74) is 3.74. The van der Waals surface area contributed by atoms with Gasteiger partial charge in [0.1, 0.15) is 0 Å². The maximum Gasteiger partial charge on any atom is 0.0863 e. The van der Waals surface area contributed by atoms with E-state index in [0.29, 0.717) is 17.9 Å². The van der Waals surface area contributed by atoms with Gasteiger partial charge >= 0.3 is 0 Å². The smallest absolute Gasteiger partial charge is 0.0863 e. The summed E-state index contributed by atoms with van der Waals surface area (Å²) in [6, 6.07) is 16.9. The summed E-state index contributed by atoms with van der Waals surface area (Å²) in [4.78, 5) is 5.09. The van der Waals surface area contributed by atoms with E-state index in [1.807, 2.05) is 23.9 Å². The molecule has 0 saturated carbocycles. The molecule has 1 unspecified atom stereocenters. The van der Waals surface area contributed by atoms with Crippen LogP contribution in [0.15, 0.2) is 60.1 Å². The number of aliphatic hydroxyl groups is 1. The summed E-state index contributed by atoms with van der Waals surface area (Å²) >= 11 is 8.07. The third-order valence-electron chi connectivity index (χ3n) is 6.22. The van der Waals surface area contributed by atoms with Gasteiger partial charge in [0.15, 0.2) is 0 Å². The van der Waals surface area contributed by atoms with E-state index in [4.69, 9.17) is 16.7 Å². The van der Waals surface area contributed by atoms with Crippen molar-refractivity contribution in [3.8, 4) is 11.1 Å². The molecule has 3 nitrogen and oxygen atoms in total. The second-order valence-corrected chi connectivity index (χ2v) is 9.67. The quantitative estimate of drug-likeness (QED) is 0.490. The maximum absolute atomic E-state index is 8.95. The Morgan fingerprint density at radius 3 is 2.50 bits per heavy atom. The van der Waals surface area contributed by atoms with E-state index < -0.39 is 0 Å². The topological polar surface area (TPSA) is 26.7 Å². The number of piperidine rings is 1. The lowest BCUT2D eigenvalue weighted by molar-refractivity contribution is 0.178. The number of anilines is 1. The van der Waals surface area contributed by atoms with Crippen molar-refractivity contribution >= 4 is 29.1 Å². The summed E-state index contributed by atoms with van der Waals surface area (Å²) in [6.07, 6.45) is 8.02. The fourth-order valence-electron chi connectivity index (χ4n) is 4.55. The van der Waals surface area contributed by atoms with Crippen LogP contribution in [0.1, 0.15) is 32.1 Å². The predicted molar refractivity (Wildman–Crippen MR) is 130 cm³/mol. The third kappa shape index (κ3) is 5.23. The first-order valence-electron chi connectivity index (χ1n) is 11.0. The lowest BCUT2D eigenvalue weighted by Crippen LogP contribution is -2.41. The summed E-state index contributed by atoms with van der Waals surface area (Å²) in [5.74, 6) is 0.692. The van der Waals surface area contributed by atoms with Crippen LogP contribution in [-0.4, -0.2) is 41.6 Å². The molecule has 2 heterocycles. The molecular weight excluding hydrogens is 412 g/mol. The number of thioether (sulfide) groups is 1. The van der Waals surface area contributed by atoms with Crippen molar-refractivity contribution in [3.05, 3.63) is 65.2 Å². The Morgan fingerprint density at radius 1 is 0.967 bits per heavy atom. The van der Waals surface area contributed by atoms with Gasteiger partial charge in [-0.1, -0.05) is 41.9 Å². The molecule has 0 aromatic heterocycles. The minimum Gasteiger partial charge on any atom is -0.396 e. The van der Waals surface area contributed by atoms with Crippen LogP contribution >= 0.6 is 23.4 Å². The van der Waals surface area contributed by atoms with Gasteiger partial charge < -0.3 is 14.9 Å². The lowest BCUT2D eigenvalue weighted by Gasteiger charge is -2.38. The van der Waals surface area contributed by atoms with Crippen LogP contribution < -0.4 is 4.90 Å². The molecule has 4 rings (SSSR count). The molecular formula is C25H31ClN2OS. The van der Waals surface area contributed by atoms with E-state index in [1.54, 1.807) is 0 Å². The summed E-state index contributed by atoms with van der Waals surface area (Å²) < 4.78 is 0. The molecule has 5 heteroatoms. The first-order valence-corrected chi connectivity index (χ1v) is 12.4. The number of hydrogen-bond acceptors (Lipinski definition) is 4. The number of benzene rings is 2. The number of para-hydroxylation sites is 1. The standard InChI is InChI=1S/C25H31ClN2OS/c26-22-10-8-20(9-11-22)23-6-2-3-7-24(23)28-17-19-30-25(28)21-12-15-27(16-13-21)14-4-1-5-18-29/h2-3,6-11,17,19,21,25,29H,1,4-5,12-16,18H2. The average Bonchev–Trinajstić information content (AvgIpc) is 3.27. The highest BCUT2D eigenvalue weighted by Crippen LogP contribution is 2.42. The molecule has 1 N–H and O–H groups in total. The molecule has 160 valence electrons. The van der Waals surface area contributed by atoms with Crippen LogP contribution in [0.5, 0.6) is 0 Å². The van der Waals surface area contributed by atoms with Crippen molar-refractivity contribution in [3.63, 3.8) is 0 Å². The lowest BCUT2D eigenvalue weighted by atomic mass is 9.94. The molecule has 0 radical (unpaired) electrons. The van der Waals surface area contributed by atoms with Gasteiger partial charge in [-0.25, -0.2) is 0 Å². The van der Waals surface area contributed by atoms with Crippen LogP contribution in [-0.2, 0) is 0 Å². The normalized spacial score (nSPS) is 20.2. The van der Waals surface area contributed by atoms with E-state index in [1.165, 1.54) is 55.7 Å². The van der Waals surface area contributed by atoms with Crippen LogP contribution in [0.25, 0.3) is 11.1 Å². The van der Waals surface area contributed by atoms with Gasteiger partial charge in [-0.2, -0.15) is 0 Å². The molecule has 0 spiro atoms. The molecule has 2 aliphatic heterocycles. The monoisotopic (exact) mass is 442 g/mol. The Morgan fingerprint density at radius 2 is 1.73 bits per heavy atom. The van der Waals surface area contributed by atoms with Crippen LogP contribution in [0.2, 0.25) is 5.02 Å². The number of halogens is 1. The Hall–Kier alpha value is -1.46. The number of aliphatic hydroxyl groups excluding tert-OH is 1. The van der Waals surface area contributed by atoms with Crippen LogP contribution in [0, 0.1) is 5.92 Å². The molecule has 2 aromatic rings. The predicted octanol–water partition coefficient (Wildman–Crippen LogP) is 6.23. The number of rotatable bonds is 8. The average molecular weight is 443 g/mol. The largest absolute Gasteiger partial charge is 0.396 e.